The van der Waals surface area contributed by atoms with Gasteiger partial charge in [-0.05, 0) is 41.3 Å². The molecule has 0 unspecified atom stereocenters. The SMILES string of the molecule is C=C(S/C(=N\N)N(CC)C(=O)c1ccnnc1)c1ccc(C(C)(C)C)cc1. The van der Waals surface area contributed by atoms with Gasteiger partial charge in [-0.3, -0.25) is 9.69 Å². The molecule has 2 N–H and O–H groups in total. The molecule has 0 saturated heterocycles. The number of amides is 1. The summed E-state index contributed by atoms with van der Waals surface area (Å²) in [5.74, 6) is 5.34. The third kappa shape index (κ3) is 5.17. The van der Waals surface area contributed by atoms with Gasteiger partial charge in [-0.1, -0.05) is 51.6 Å². The Morgan fingerprint density at radius 3 is 2.33 bits per heavy atom. The maximum absolute atomic E-state index is 12.7. The molecule has 0 bridgehead atoms. The first-order chi connectivity index (χ1) is 12.8. The van der Waals surface area contributed by atoms with Gasteiger partial charge in [0.15, 0.2) is 5.17 Å². The van der Waals surface area contributed by atoms with Crippen LogP contribution in [0.25, 0.3) is 4.91 Å². The predicted octanol–water partition coefficient (Wildman–Crippen LogP) is 3.87. The van der Waals surface area contributed by atoms with Gasteiger partial charge in [0, 0.05) is 11.4 Å². The Morgan fingerprint density at radius 1 is 1.19 bits per heavy atom. The number of hydrogen-bond donors (Lipinski definition) is 1. The summed E-state index contributed by atoms with van der Waals surface area (Å²) < 4.78 is 0. The fourth-order valence-corrected chi connectivity index (χ4v) is 3.26. The standard InChI is InChI=1S/C20H25N5OS/c1-6-25(18(26)16-11-12-22-23-13-16)19(24-21)27-14(2)15-7-9-17(10-8-15)20(3,4)5/h7-13H,2,6,21H2,1,3-5H3/b24-19-. The molecule has 2 rings (SSSR count). The highest BCUT2D eigenvalue weighted by Gasteiger charge is 2.22. The summed E-state index contributed by atoms with van der Waals surface area (Å²) in [5, 5.41) is 11.6. The van der Waals surface area contributed by atoms with Crippen LogP contribution in [0.1, 0.15) is 49.2 Å². The third-order valence-electron chi connectivity index (χ3n) is 4.02. The van der Waals surface area contributed by atoms with Gasteiger partial charge < -0.3 is 5.84 Å². The minimum Gasteiger partial charge on any atom is -0.321 e. The molecule has 0 fully saturated rings. The summed E-state index contributed by atoms with van der Waals surface area (Å²) in [6, 6.07) is 9.83. The number of aromatic nitrogens is 2. The molecule has 0 aliphatic carbocycles. The molecule has 6 nitrogen and oxygen atoms in total. The molecular formula is C20H25N5OS. The molecule has 0 aliphatic rings. The highest BCUT2D eigenvalue weighted by Crippen LogP contribution is 2.30. The molecule has 1 heterocycles. The number of nitrogens with zero attached hydrogens (tertiary/aromatic N) is 4. The van der Waals surface area contributed by atoms with Crippen LogP contribution < -0.4 is 5.84 Å². The highest BCUT2D eigenvalue weighted by atomic mass is 32.2. The van der Waals surface area contributed by atoms with E-state index in [0.29, 0.717) is 17.3 Å². The summed E-state index contributed by atoms with van der Waals surface area (Å²) in [6.07, 6.45) is 2.90. The maximum atomic E-state index is 12.7. The van der Waals surface area contributed by atoms with E-state index in [1.165, 1.54) is 34.6 Å². The molecule has 1 amide bonds. The largest absolute Gasteiger partial charge is 0.321 e. The molecule has 27 heavy (non-hydrogen) atoms. The molecule has 0 radical (unpaired) electrons. The van der Waals surface area contributed by atoms with Crippen LogP contribution in [0, 0.1) is 0 Å². The average molecular weight is 384 g/mol. The first-order valence-electron chi connectivity index (χ1n) is 8.62. The molecule has 0 spiro atoms. The number of rotatable bonds is 4. The topological polar surface area (TPSA) is 84.5 Å². The zero-order valence-corrected chi connectivity index (χ0v) is 17.0. The predicted molar refractivity (Wildman–Crippen MR) is 112 cm³/mol. The molecular weight excluding hydrogens is 358 g/mol. The molecule has 1 aromatic carbocycles. The number of nitrogens with two attached hydrogens (primary N) is 1. The highest BCUT2D eigenvalue weighted by molar-refractivity contribution is 8.21. The minimum atomic E-state index is -0.236. The number of thioether (sulfide) groups is 1. The van der Waals surface area contributed by atoms with E-state index in [4.69, 9.17) is 5.84 Å². The van der Waals surface area contributed by atoms with E-state index in [9.17, 15) is 4.79 Å². The molecule has 0 aliphatic heterocycles. The van der Waals surface area contributed by atoms with E-state index >= 15 is 0 Å². The van der Waals surface area contributed by atoms with Crippen LogP contribution in [-0.4, -0.2) is 32.7 Å². The Bertz CT molecular complexity index is 826. The van der Waals surface area contributed by atoms with Crippen molar-refractivity contribution in [3.8, 4) is 0 Å². The van der Waals surface area contributed by atoms with E-state index in [1.807, 2.05) is 19.1 Å². The van der Waals surface area contributed by atoms with E-state index in [2.05, 4.69) is 54.8 Å². The Labute approximate surface area is 164 Å². The smallest absolute Gasteiger partial charge is 0.261 e. The number of carbonyl (C=O) groups is 1. The number of amidine groups is 1. The lowest BCUT2D eigenvalue weighted by Gasteiger charge is -2.22. The van der Waals surface area contributed by atoms with Crippen molar-refractivity contribution >= 4 is 27.7 Å². The van der Waals surface area contributed by atoms with Crippen LogP contribution >= 0.6 is 11.8 Å². The van der Waals surface area contributed by atoms with Gasteiger partial charge in [0.1, 0.15) is 0 Å². The second kappa shape index (κ2) is 8.81. The van der Waals surface area contributed by atoms with E-state index in [0.717, 1.165) is 10.5 Å². The summed E-state index contributed by atoms with van der Waals surface area (Å²) in [6.45, 7) is 12.9. The lowest BCUT2D eigenvalue weighted by atomic mass is 9.87. The average Bonchev–Trinajstić information content (AvgIpc) is 2.67. The number of hydrogen-bond acceptors (Lipinski definition) is 6. The molecule has 0 saturated carbocycles. The summed E-state index contributed by atoms with van der Waals surface area (Å²) in [4.78, 5) is 15.0. The van der Waals surface area contributed by atoms with Crippen molar-refractivity contribution in [2.45, 2.75) is 33.1 Å². The molecule has 1 aromatic heterocycles. The van der Waals surface area contributed by atoms with Crippen LogP contribution in [0.2, 0.25) is 0 Å². The molecule has 2 aromatic rings. The molecule has 7 heteroatoms. The van der Waals surface area contributed by atoms with Gasteiger partial charge in [-0.25, -0.2) is 0 Å². The van der Waals surface area contributed by atoms with Crippen LogP contribution in [0.15, 0.2) is 54.4 Å². The molecule has 142 valence electrons. The second-order valence-corrected chi connectivity index (χ2v) is 8.01. The quantitative estimate of drug-likeness (QED) is 0.375. The van der Waals surface area contributed by atoms with Crippen LogP contribution in [0.3, 0.4) is 0 Å². The fraction of sp³-hybridized carbons (Fsp3) is 0.300. The van der Waals surface area contributed by atoms with Gasteiger partial charge in [0.25, 0.3) is 5.91 Å². The Kier molecular flexibility index (Phi) is 6.74. The van der Waals surface area contributed by atoms with E-state index in [-0.39, 0.29) is 11.3 Å². The van der Waals surface area contributed by atoms with Gasteiger partial charge in [0.05, 0.1) is 18.0 Å². The number of benzene rings is 1. The lowest BCUT2D eigenvalue weighted by molar-refractivity contribution is 0.0855. The van der Waals surface area contributed by atoms with Gasteiger partial charge in [-0.2, -0.15) is 15.3 Å². The van der Waals surface area contributed by atoms with Gasteiger partial charge in [-0.15, -0.1) is 0 Å². The fourth-order valence-electron chi connectivity index (χ4n) is 2.42. The lowest BCUT2D eigenvalue weighted by Crippen LogP contribution is -2.35. The number of carbonyl (C=O) groups excluding carboxylic acids is 1. The summed E-state index contributed by atoms with van der Waals surface area (Å²) >= 11 is 1.27. The number of hydrazone groups is 1. The zero-order chi connectivity index (χ0) is 20.0. The first kappa shape index (κ1) is 20.6. The van der Waals surface area contributed by atoms with Crippen molar-refractivity contribution in [1.82, 2.24) is 15.1 Å². The Balaban J connectivity index is 2.17. The molecule has 0 atom stereocenters. The summed E-state index contributed by atoms with van der Waals surface area (Å²) in [7, 11) is 0. The van der Waals surface area contributed by atoms with E-state index in [1.54, 1.807) is 6.07 Å². The summed E-state index contributed by atoms with van der Waals surface area (Å²) in [5.41, 5.74) is 2.71. The van der Waals surface area contributed by atoms with Crippen LogP contribution in [0.5, 0.6) is 0 Å². The monoisotopic (exact) mass is 383 g/mol. The minimum absolute atomic E-state index is 0.0842. The van der Waals surface area contributed by atoms with Crippen molar-refractivity contribution in [2.24, 2.45) is 10.9 Å². The van der Waals surface area contributed by atoms with Crippen molar-refractivity contribution in [3.63, 3.8) is 0 Å². The third-order valence-corrected chi connectivity index (χ3v) is 5.01. The zero-order valence-electron chi connectivity index (χ0n) is 16.1. The first-order valence-corrected chi connectivity index (χ1v) is 9.43. The van der Waals surface area contributed by atoms with Gasteiger partial charge >= 0.3 is 0 Å². The van der Waals surface area contributed by atoms with E-state index < -0.39 is 0 Å². The van der Waals surface area contributed by atoms with Crippen LogP contribution in [-0.2, 0) is 5.41 Å². The van der Waals surface area contributed by atoms with Crippen molar-refractivity contribution in [3.05, 3.63) is 66.0 Å². The Morgan fingerprint density at radius 2 is 1.85 bits per heavy atom. The van der Waals surface area contributed by atoms with Crippen LogP contribution in [0.4, 0.5) is 0 Å². The van der Waals surface area contributed by atoms with Gasteiger partial charge in [0.2, 0.25) is 0 Å². The second-order valence-electron chi connectivity index (χ2n) is 6.94. The van der Waals surface area contributed by atoms with Crippen molar-refractivity contribution in [2.75, 3.05) is 6.54 Å². The maximum Gasteiger partial charge on any atom is 0.261 e. The Hall–Kier alpha value is -2.67. The normalized spacial score (nSPS) is 11.9. The van der Waals surface area contributed by atoms with Crippen molar-refractivity contribution in [1.29, 1.82) is 0 Å². The van der Waals surface area contributed by atoms with Crippen molar-refractivity contribution < 1.29 is 4.79 Å².